The van der Waals surface area contributed by atoms with Crippen LogP contribution >= 0.6 is 23.5 Å². The van der Waals surface area contributed by atoms with Crippen LogP contribution in [0.3, 0.4) is 0 Å². The Morgan fingerprint density at radius 1 is 1.21 bits per heavy atom. The molecule has 1 N–H and O–H groups in total. The summed E-state index contributed by atoms with van der Waals surface area (Å²) in [5.74, 6) is 3.30. The number of halogens is 3. The van der Waals surface area contributed by atoms with E-state index in [4.69, 9.17) is 0 Å². The minimum absolute atomic E-state index is 0.111. The fourth-order valence-electron chi connectivity index (χ4n) is 2.15. The Balaban J connectivity index is 2.14. The van der Waals surface area contributed by atoms with Gasteiger partial charge in [-0.2, -0.15) is 36.7 Å². The van der Waals surface area contributed by atoms with Gasteiger partial charge in [-0.05, 0) is 24.7 Å². The van der Waals surface area contributed by atoms with Crippen molar-refractivity contribution in [2.24, 2.45) is 0 Å². The average Bonchev–Trinajstić information content (AvgIpc) is 2.40. The molecule has 0 amide bonds. The number of nitrogens with one attached hydrogen (secondary N) is 1. The van der Waals surface area contributed by atoms with Gasteiger partial charge in [0, 0.05) is 28.6 Å². The standard InChI is InChI=1S/C13H16F3NS2/c1-17-12(11-8-18-6-7-19-11)9-2-4-10(5-3-9)13(14,15)16/h2-5,11-12,17H,6-8H2,1H3. The van der Waals surface area contributed by atoms with E-state index in [0.29, 0.717) is 5.25 Å². The van der Waals surface area contributed by atoms with Crippen LogP contribution in [0.2, 0.25) is 0 Å². The Bertz CT molecular complexity index is 399. The zero-order valence-electron chi connectivity index (χ0n) is 10.5. The Morgan fingerprint density at radius 2 is 1.89 bits per heavy atom. The predicted octanol–water partition coefficient (Wildman–Crippen LogP) is 3.81. The van der Waals surface area contributed by atoms with E-state index in [1.165, 1.54) is 12.1 Å². The Labute approximate surface area is 119 Å². The molecular formula is C13H16F3NS2. The number of alkyl halides is 3. The number of hydrogen-bond acceptors (Lipinski definition) is 3. The minimum Gasteiger partial charge on any atom is -0.312 e. The highest BCUT2D eigenvalue weighted by Crippen LogP contribution is 2.35. The SMILES string of the molecule is CNC(c1ccc(C(F)(F)F)cc1)C1CSCCS1. The van der Waals surface area contributed by atoms with Gasteiger partial charge in [0.2, 0.25) is 0 Å². The number of benzene rings is 1. The second kappa shape index (κ2) is 6.41. The third kappa shape index (κ3) is 3.83. The van der Waals surface area contributed by atoms with Gasteiger partial charge in [-0.3, -0.25) is 0 Å². The molecule has 2 unspecified atom stereocenters. The second-order valence-corrected chi connectivity index (χ2v) is 6.87. The summed E-state index contributed by atoms with van der Waals surface area (Å²) >= 11 is 3.80. The van der Waals surface area contributed by atoms with Gasteiger partial charge >= 0.3 is 6.18 Å². The molecule has 106 valence electrons. The Hall–Kier alpha value is -0.330. The van der Waals surface area contributed by atoms with Gasteiger partial charge in [-0.1, -0.05) is 12.1 Å². The van der Waals surface area contributed by atoms with E-state index in [9.17, 15) is 13.2 Å². The van der Waals surface area contributed by atoms with Crippen LogP contribution in [-0.2, 0) is 6.18 Å². The van der Waals surface area contributed by atoms with Gasteiger partial charge in [-0.15, -0.1) is 0 Å². The highest BCUT2D eigenvalue weighted by molar-refractivity contribution is 8.06. The molecule has 1 aromatic rings. The summed E-state index contributed by atoms with van der Waals surface area (Å²) < 4.78 is 37.6. The minimum atomic E-state index is -4.26. The van der Waals surface area contributed by atoms with Gasteiger partial charge < -0.3 is 5.32 Å². The monoisotopic (exact) mass is 307 g/mol. The summed E-state index contributed by atoms with van der Waals surface area (Å²) in [6.45, 7) is 0. The first-order valence-electron chi connectivity index (χ1n) is 6.06. The molecule has 19 heavy (non-hydrogen) atoms. The third-order valence-corrected chi connectivity index (χ3v) is 5.99. The van der Waals surface area contributed by atoms with E-state index < -0.39 is 11.7 Å². The molecule has 0 radical (unpaired) electrons. The van der Waals surface area contributed by atoms with Crippen LogP contribution in [0.15, 0.2) is 24.3 Å². The highest BCUT2D eigenvalue weighted by Gasteiger charge is 2.31. The van der Waals surface area contributed by atoms with Crippen LogP contribution in [0, 0.1) is 0 Å². The number of thioether (sulfide) groups is 2. The van der Waals surface area contributed by atoms with Gasteiger partial charge in [0.05, 0.1) is 5.56 Å². The van der Waals surface area contributed by atoms with Crippen LogP contribution in [-0.4, -0.2) is 29.6 Å². The summed E-state index contributed by atoms with van der Waals surface area (Å²) in [5, 5.41) is 3.65. The summed E-state index contributed by atoms with van der Waals surface area (Å²) in [6.07, 6.45) is -4.26. The zero-order valence-corrected chi connectivity index (χ0v) is 12.2. The third-order valence-electron chi connectivity index (χ3n) is 3.12. The van der Waals surface area contributed by atoms with Gasteiger partial charge in [0.15, 0.2) is 0 Å². The molecule has 0 spiro atoms. The first-order chi connectivity index (χ1) is 9.02. The number of hydrogen-bond donors (Lipinski definition) is 1. The molecule has 0 aromatic heterocycles. The molecule has 1 saturated heterocycles. The van der Waals surface area contributed by atoms with Gasteiger partial charge in [-0.25, -0.2) is 0 Å². The van der Waals surface area contributed by atoms with Crippen LogP contribution in [0.1, 0.15) is 17.2 Å². The summed E-state index contributed by atoms with van der Waals surface area (Å²) in [4.78, 5) is 0. The molecule has 1 aliphatic rings. The highest BCUT2D eigenvalue weighted by atomic mass is 32.2. The quantitative estimate of drug-likeness (QED) is 0.912. The van der Waals surface area contributed by atoms with Crippen molar-refractivity contribution in [3.8, 4) is 0 Å². The fraction of sp³-hybridized carbons (Fsp3) is 0.538. The lowest BCUT2D eigenvalue weighted by Gasteiger charge is -2.29. The molecule has 0 saturated carbocycles. The normalized spacial score (nSPS) is 22.2. The molecule has 0 aliphatic carbocycles. The van der Waals surface area contributed by atoms with Gasteiger partial charge in [0.25, 0.3) is 0 Å². The van der Waals surface area contributed by atoms with Crippen LogP contribution in [0.4, 0.5) is 13.2 Å². The predicted molar refractivity (Wildman–Crippen MR) is 76.8 cm³/mol. The molecule has 1 heterocycles. The lowest BCUT2D eigenvalue weighted by atomic mass is 10.0. The van der Waals surface area contributed by atoms with E-state index in [2.05, 4.69) is 5.32 Å². The van der Waals surface area contributed by atoms with Crippen molar-refractivity contribution in [1.82, 2.24) is 5.32 Å². The van der Waals surface area contributed by atoms with Crippen molar-refractivity contribution in [2.45, 2.75) is 17.5 Å². The van der Waals surface area contributed by atoms with E-state index in [1.807, 2.05) is 30.6 Å². The van der Waals surface area contributed by atoms with E-state index in [-0.39, 0.29) is 6.04 Å². The molecule has 1 fully saturated rings. The number of rotatable bonds is 3. The fourth-order valence-corrected chi connectivity index (χ4v) is 5.05. The zero-order chi connectivity index (χ0) is 13.9. The summed E-state index contributed by atoms with van der Waals surface area (Å²) in [5.41, 5.74) is 0.340. The first kappa shape index (κ1) is 15.1. The largest absolute Gasteiger partial charge is 0.416 e. The molecule has 1 nitrogen and oxygen atoms in total. The van der Waals surface area contributed by atoms with Crippen LogP contribution < -0.4 is 5.32 Å². The molecular weight excluding hydrogens is 291 g/mol. The Morgan fingerprint density at radius 3 is 2.37 bits per heavy atom. The van der Waals surface area contributed by atoms with Crippen molar-refractivity contribution in [2.75, 3.05) is 24.3 Å². The second-order valence-electron chi connectivity index (χ2n) is 4.37. The molecule has 0 bridgehead atoms. The molecule has 1 aromatic carbocycles. The lowest BCUT2D eigenvalue weighted by molar-refractivity contribution is -0.137. The smallest absolute Gasteiger partial charge is 0.312 e. The molecule has 2 rings (SSSR count). The van der Waals surface area contributed by atoms with Crippen molar-refractivity contribution >= 4 is 23.5 Å². The summed E-state index contributed by atoms with van der Waals surface area (Å²) in [6, 6.07) is 5.62. The van der Waals surface area contributed by atoms with Gasteiger partial charge in [0.1, 0.15) is 0 Å². The maximum absolute atomic E-state index is 12.5. The first-order valence-corrected chi connectivity index (χ1v) is 8.26. The van der Waals surface area contributed by atoms with E-state index in [0.717, 1.165) is 22.8 Å². The van der Waals surface area contributed by atoms with Crippen molar-refractivity contribution in [1.29, 1.82) is 0 Å². The van der Waals surface area contributed by atoms with Crippen molar-refractivity contribution in [3.63, 3.8) is 0 Å². The van der Waals surface area contributed by atoms with Crippen molar-refractivity contribution in [3.05, 3.63) is 35.4 Å². The molecule has 1 aliphatic heterocycles. The molecule has 2 atom stereocenters. The topological polar surface area (TPSA) is 12.0 Å². The maximum Gasteiger partial charge on any atom is 0.416 e. The van der Waals surface area contributed by atoms with E-state index >= 15 is 0 Å². The average molecular weight is 307 g/mol. The van der Waals surface area contributed by atoms with Crippen LogP contribution in [0.25, 0.3) is 0 Å². The Kier molecular flexibility index (Phi) is 5.09. The maximum atomic E-state index is 12.5. The molecule has 6 heteroatoms. The van der Waals surface area contributed by atoms with Crippen LogP contribution in [0.5, 0.6) is 0 Å². The summed E-state index contributed by atoms with van der Waals surface area (Å²) in [7, 11) is 1.86. The van der Waals surface area contributed by atoms with E-state index in [1.54, 1.807) is 12.1 Å². The van der Waals surface area contributed by atoms with Crippen molar-refractivity contribution < 1.29 is 13.2 Å². The lowest BCUT2D eigenvalue weighted by Crippen LogP contribution is -2.31.